The lowest BCUT2D eigenvalue weighted by molar-refractivity contribution is -0.118. The predicted octanol–water partition coefficient (Wildman–Crippen LogP) is 1.54. The van der Waals surface area contributed by atoms with Crippen molar-refractivity contribution in [2.45, 2.75) is 31.1 Å². The van der Waals surface area contributed by atoms with Gasteiger partial charge in [-0.25, -0.2) is 13.1 Å². The minimum atomic E-state index is -3.42. The van der Waals surface area contributed by atoms with Crippen LogP contribution in [0.1, 0.15) is 26.2 Å². The predicted molar refractivity (Wildman–Crippen MR) is 78.4 cm³/mol. The molecule has 0 saturated carbocycles. The summed E-state index contributed by atoms with van der Waals surface area (Å²) in [5.74, 6) is 0.234. The molecule has 20 heavy (non-hydrogen) atoms. The van der Waals surface area contributed by atoms with E-state index >= 15 is 0 Å². The highest BCUT2D eigenvalue weighted by molar-refractivity contribution is 7.89. The molecule has 1 saturated heterocycles. The van der Waals surface area contributed by atoms with Gasteiger partial charge in [0, 0.05) is 25.2 Å². The van der Waals surface area contributed by atoms with Gasteiger partial charge in [0.2, 0.25) is 10.0 Å². The van der Waals surface area contributed by atoms with Crippen LogP contribution in [0.2, 0.25) is 0 Å². The number of piperidine rings is 1. The summed E-state index contributed by atoms with van der Waals surface area (Å²) in [5, 5.41) is 0. The SMILES string of the molecule is CCCNS(=O)(=O)c1ccc(N2CCCC(=O)C2)cc1. The van der Waals surface area contributed by atoms with Crippen molar-refractivity contribution in [3.8, 4) is 0 Å². The van der Waals surface area contributed by atoms with Gasteiger partial charge >= 0.3 is 0 Å². The van der Waals surface area contributed by atoms with E-state index in [1.165, 1.54) is 0 Å². The molecule has 1 heterocycles. The molecular formula is C14H20N2O3S. The van der Waals surface area contributed by atoms with E-state index in [2.05, 4.69) is 4.72 Å². The number of anilines is 1. The Labute approximate surface area is 120 Å². The molecule has 1 aliphatic rings. The Morgan fingerprint density at radius 3 is 2.55 bits per heavy atom. The van der Waals surface area contributed by atoms with Gasteiger partial charge in [-0.2, -0.15) is 0 Å². The largest absolute Gasteiger partial charge is 0.364 e. The normalized spacial score (nSPS) is 16.4. The Kier molecular flexibility index (Phi) is 4.77. The van der Waals surface area contributed by atoms with Crippen LogP contribution in [0.15, 0.2) is 29.2 Å². The number of nitrogens with one attached hydrogen (secondary N) is 1. The fourth-order valence-electron chi connectivity index (χ4n) is 2.21. The second-order valence-corrected chi connectivity index (χ2v) is 6.72. The standard InChI is InChI=1S/C14H20N2O3S/c1-2-9-15-20(18,19)14-7-5-12(6-8-14)16-10-3-4-13(17)11-16/h5-8,15H,2-4,9-11H2,1H3. The average molecular weight is 296 g/mol. The number of carbonyl (C=O) groups excluding carboxylic acids is 1. The van der Waals surface area contributed by atoms with Crippen molar-refractivity contribution < 1.29 is 13.2 Å². The number of nitrogens with zero attached hydrogens (tertiary/aromatic N) is 1. The number of rotatable bonds is 5. The van der Waals surface area contributed by atoms with E-state index in [1.54, 1.807) is 24.3 Å². The summed E-state index contributed by atoms with van der Waals surface area (Å²) < 4.78 is 26.4. The van der Waals surface area contributed by atoms with Crippen molar-refractivity contribution in [1.82, 2.24) is 4.72 Å². The summed E-state index contributed by atoms with van der Waals surface area (Å²) in [6.07, 6.45) is 2.26. The highest BCUT2D eigenvalue weighted by atomic mass is 32.2. The molecule has 1 N–H and O–H groups in total. The summed E-state index contributed by atoms with van der Waals surface area (Å²) in [5.41, 5.74) is 0.896. The van der Waals surface area contributed by atoms with Gasteiger partial charge in [-0.3, -0.25) is 4.79 Å². The van der Waals surface area contributed by atoms with E-state index in [1.807, 2.05) is 11.8 Å². The number of ketones is 1. The summed E-state index contributed by atoms with van der Waals surface area (Å²) in [6.45, 7) is 3.61. The molecule has 0 aliphatic carbocycles. The van der Waals surface area contributed by atoms with Crippen LogP contribution in [0.5, 0.6) is 0 Å². The summed E-state index contributed by atoms with van der Waals surface area (Å²) in [4.78, 5) is 13.7. The molecule has 0 radical (unpaired) electrons. The Bertz CT molecular complexity index is 567. The number of carbonyl (C=O) groups is 1. The molecule has 1 aromatic carbocycles. The third kappa shape index (κ3) is 3.58. The molecule has 6 heteroatoms. The maximum atomic E-state index is 12.0. The van der Waals surface area contributed by atoms with Gasteiger partial charge in [0.15, 0.2) is 5.78 Å². The Morgan fingerprint density at radius 2 is 1.95 bits per heavy atom. The Balaban J connectivity index is 2.11. The van der Waals surface area contributed by atoms with Crippen molar-refractivity contribution >= 4 is 21.5 Å². The molecule has 0 bridgehead atoms. The zero-order chi connectivity index (χ0) is 14.6. The van der Waals surface area contributed by atoms with Crippen LogP contribution < -0.4 is 9.62 Å². The molecule has 0 aromatic heterocycles. The molecule has 1 aromatic rings. The number of sulfonamides is 1. The minimum Gasteiger partial charge on any atom is -0.364 e. The van der Waals surface area contributed by atoms with E-state index in [0.29, 0.717) is 19.5 Å². The second kappa shape index (κ2) is 6.37. The number of hydrogen-bond donors (Lipinski definition) is 1. The van der Waals surface area contributed by atoms with E-state index in [0.717, 1.165) is 25.1 Å². The third-order valence-corrected chi connectivity index (χ3v) is 4.78. The van der Waals surface area contributed by atoms with Crippen molar-refractivity contribution in [1.29, 1.82) is 0 Å². The monoisotopic (exact) mass is 296 g/mol. The molecule has 1 fully saturated rings. The Morgan fingerprint density at radius 1 is 1.25 bits per heavy atom. The summed E-state index contributed by atoms with van der Waals surface area (Å²) in [7, 11) is -3.42. The van der Waals surface area contributed by atoms with Crippen LogP contribution >= 0.6 is 0 Å². The van der Waals surface area contributed by atoms with Crippen LogP contribution in [0.25, 0.3) is 0 Å². The molecule has 0 atom stereocenters. The highest BCUT2D eigenvalue weighted by Crippen LogP contribution is 2.20. The van der Waals surface area contributed by atoms with E-state index in [9.17, 15) is 13.2 Å². The Hall–Kier alpha value is -1.40. The number of benzene rings is 1. The smallest absolute Gasteiger partial charge is 0.240 e. The zero-order valence-electron chi connectivity index (χ0n) is 11.6. The average Bonchev–Trinajstić information content (AvgIpc) is 2.45. The van der Waals surface area contributed by atoms with Gasteiger partial charge < -0.3 is 4.90 Å². The van der Waals surface area contributed by atoms with E-state index in [-0.39, 0.29) is 10.7 Å². The first-order valence-electron chi connectivity index (χ1n) is 6.89. The van der Waals surface area contributed by atoms with Gasteiger partial charge in [0.25, 0.3) is 0 Å². The molecule has 0 amide bonds. The molecular weight excluding hydrogens is 276 g/mol. The summed E-state index contributed by atoms with van der Waals surface area (Å²) >= 11 is 0. The first-order valence-corrected chi connectivity index (χ1v) is 8.37. The van der Waals surface area contributed by atoms with Gasteiger partial charge in [0.1, 0.15) is 0 Å². The van der Waals surface area contributed by atoms with Gasteiger partial charge in [-0.15, -0.1) is 0 Å². The molecule has 110 valence electrons. The van der Waals surface area contributed by atoms with Gasteiger partial charge in [-0.05, 0) is 37.1 Å². The lowest BCUT2D eigenvalue weighted by Crippen LogP contribution is -2.35. The van der Waals surface area contributed by atoms with Crippen LogP contribution in [-0.4, -0.2) is 33.8 Å². The molecule has 2 rings (SSSR count). The second-order valence-electron chi connectivity index (χ2n) is 4.96. The lowest BCUT2D eigenvalue weighted by atomic mass is 10.1. The zero-order valence-corrected chi connectivity index (χ0v) is 12.4. The fourth-order valence-corrected chi connectivity index (χ4v) is 3.35. The molecule has 5 nitrogen and oxygen atoms in total. The first-order chi connectivity index (χ1) is 9.53. The van der Waals surface area contributed by atoms with Crippen molar-refractivity contribution in [2.24, 2.45) is 0 Å². The van der Waals surface area contributed by atoms with Crippen molar-refractivity contribution in [3.63, 3.8) is 0 Å². The molecule has 0 unspecified atom stereocenters. The fraction of sp³-hybridized carbons (Fsp3) is 0.500. The number of hydrogen-bond acceptors (Lipinski definition) is 4. The van der Waals surface area contributed by atoms with Crippen LogP contribution in [-0.2, 0) is 14.8 Å². The minimum absolute atomic E-state index is 0.234. The first kappa shape index (κ1) is 15.0. The molecule has 0 spiro atoms. The van der Waals surface area contributed by atoms with Crippen molar-refractivity contribution in [2.75, 3.05) is 24.5 Å². The van der Waals surface area contributed by atoms with Gasteiger partial charge in [-0.1, -0.05) is 6.92 Å². The van der Waals surface area contributed by atoms with Crippen LogP contribution in [0.3, 0.4) is 0 Å². The lowest BCUT2D eigenvalue weighted by Gasteiger charge is -2.27. The van der Waals surface area contributed by atoms with Crippen LogP contribution in [0.4, 0.5) is 5.69 Å². The molecule has 1 aliphatic heterocycles. The number of Topliss-reactive ketones (excluding diaryl/α,β-unsaturated/α-hetero) is 1. The van der Waals surface area contributed by atoms with E-state index < -0.39 is 10.0 Å². The van der Waals surface area contributed by atoms with Gasteiger partial charge in [0.05, 0.1) is 11.4 Å². The van der Waals surface area contributed by atoms with Crippen LogP contribution in [0, 0.1) is 0 Å². The maximum absolute atomic E-state index is 12.0. The summed E-state index contributed by atoms with van der Waals surface area (Å²) in [6, 6.07) is 6.71. The quantitative estimate of drug-likeness (QED) is 0.895. The third-order valence-electron chi connectivity index (χ3n) is 3.31. The van der Waals surface area contributed by atoms with E-state index in [4.69, 9.17) is 0 Å². The van der Waals surface area contributed by atoms with Crippen molar-refractivity contribution in [3.05, 3.63) is 24.3 Å². The topological polar surface area (TPSA) is 66.5 Å². The highest BCUT2D eigenvalue weighted by Gasteiger charge is 2.18. The maximum Gasteiger partial charge on any atom is 0.240 e.